The van der Waals surface area contributed by atoms with Crippen LogP contribution < -0.4 is 11.1 Å². The van der Waals surface area contributed by atoms with Crippen molar-refractivity contribution in [1.82, 2.24) is 4.31 Å². The number of nitrogens with zero attached hydrogens (tertiary/aromatic N) is 2. The Labute approximate surface area is 190 Å². The number of carbonyl (C=O) groups is 1. The van der Waals surface area contributed by atoms with Gasteiger partial charge >= 0.3 is 0 Å². The zero-order chi connectivity index (χ0) is 23.1. The van der Waals surface area contributed by atoms with E-state index in [1.54, 1.807) is 6.92 Å². The smallest absolute Gasteiger partial charge is 0.276 e. The predicted molar refractivity (Wildman–Crippen MR) is 122 cm³/mol. The van der Waals surface area contributed by atoms with Crippen LogP contribution in [0.4, 0.5) is 10.1 Å². The minimum absolute atomic E-state index is 0.108. The number of rotatable bonds is 5. The number of amidine groups is 1. The molecule has 0 bridgehead atoms. The minimum atomic E-state index is -3.78. The van der Waals surface area contributed by atoms with Crippen LogP contribution in [0.15, 0.2) is 38.8 Å². The second-order valence-electron chi connectivity index (χ2n) is 8.12. The highest BCUT2D eigenvalue weighted by Crippen LogP contribution is 2.37. The van der Waals surface area contributed by atoms with Crippen molar-refractivity contribution in [3.63, 3.8) is 0 Å². The van der Waals surface area contributed by atoms with E-state index in [0.717, 1.165) is 12.8 Å². The van der Waals surface area contributed by atoms with Crippen molar-refractivity contribution < 1.29 is 22.0 Å². The van der Waals surface area contributed by atoms with Crippen molar-refractivity contribution in [2.75, 3.05) is 24.2 Å². The fourth-order valence-corrected chi connectivity index (χ4v) is 6.42. The van der Waals surface area contributed by atoms with Gasteiger partial charge in [0.15, 0.2) is 5.17 Å². The van der Waals surface area contributed by atoms with Gasteiger partial charge in [-0.3, -0.25) is 9.79 Å². The normalized spacial score (nSPS) is 22.0. The van der Waals surface area contributed by atoms with E-state index in [4.69, 9.17) is 10.2 Å². The third-order valence-corrected chi connectivity index (χ3v) is 8.35. The van der Waals surface area contributed by atoms with Crippen molar-refractivity contribution in [3.05, 3.63) is 47.0 Å². The lowest BCUT2D eigenvalue weighted by Crippen LogP contribution is -2.29. The van der Waals surface area contributed by atoms with Crippen molar-refractivity contribution in [2.45, 2.75) is 43.7 Å². The summed E-state index contributed by atoms with van der Waals surface area (Å²) in [6, 6.07) is 5.50. The molecule has 0 radical (unpaired) electrons. The zero-order valence-electron chi connectivity index (χ0n) is 17.9. The van der Waals surface area contributed by atoms with Gasteiger partial charge < -0.3 is 15.5 Å². The molecule has 0 spiro atoms. The quantitative estimate of drug-likeness (QED) is 0.677. The van der Waals surface area contributed by atoms with Gasteiger partial charge in [0.2, 0.25) is 5.09 Å². The van der Waals surface area contributed by atoms with E-state index in [-0.39, 0.29) is 16.4 Å². The van der Waals surface area contributed by atoms with Gasteiger partial charge in [0, 0.05) is 36.2 Å². The van der Waals surface area contributed by atoms with Crippen molar-refractivity contribution in [1.29, 1.82) is 0 Å². The Morgan fingerprint density at radius 1 is 1.31 bits per heavy atom. The summed E-state index contributed by atoms with van der Waals surface area (Å²) in [5.74, 6) is -0.0765. The Morgan fingerprint density at radius 2 is 2.03 bits per heavy atom. The van der Waals surface area contributed by atoms with Crippen molar-refractivity contribution >= 4 is 38.5 Å². The molecule has 1 atom stereocenters. The molecule has 3 heterocycles. The van der Waals surface area contributed by atoms with Crippen LogP contribution in [0.1, 0.15) is 47.9 Å². The number of amides is 1. The third kappa shape index (κ3) is 4.28. The van der Waals surface area contributed by atoms with E-state index in [1.807, 2.05) is 0 Å². The number of hydrogen-bond acceptors (Lipinski definition) is 7. The first kappa shape index (κ1) is 22.8. The summed E-state index contributed by atoms with van der Waals surface area (Å²) < 4.78 is 46.9. The van der Waals surface area contributed by atoms with Crippen LogP contribution in [-0.4, -0.2) is 42.6 Å². The number of sulfonamides is 1. The van der Waals surface area contributed by atoms with E-state index in [2.05, 4.69) is 10.3 Å². The number of nitrogens with one attached hydrogen (secondary N) is 1. The van der Waals surface area contributed by atoms with Gasteiger partial charge in [0.1, 0.15) is 11.6 Å². The van der Waals surface area contributed by atoms with Gasteiger partial charge in [-0.15, -0.1) is 0 Å². The van der Waals surface area contributed by atoms with E-state index in [9.17, 15) is 17.6 Å². The summed E-state index contributed by atoms with van der Waals surface area (Å²) in [6.07, 6.45) is 2.20. The molecule has 11 heteroatoms. The highest BCUT2D eigenvalue weighted by molar-refractivity contribution is 8.13. The van der Waals surface area contributed by atoms with Crippen molar-refractivity contribution in [2.24, 2.45) is 10.7 Å². The average molecular weight is 481 g/mol. The largest absolute Gasteiger partial charge is 0.448 e. The molecule has 1 aromatic carbocycles. The number of aryl methyl sites for hydroxylation is 1. The number of anilines is 1. The lowest BCUT2D eigenvalue weighted by Gasteiger charge is -2.30. The van der Waals surface area contributed by atoms with Crippen LogP contribution in [0, 0.1) is 12.7 Å². The lowest BCUT2D eigenvalue weighted by atomic mass is 9.89. The number of thioether (sulfide) groups is 1. The maximum absolute atomic E-state index is 14.6. The summed E-state index contributed by atoms with van der Waals surface area (Å²) in [6.45, 7) is 4.21. The molecular weight excluding hydrogens is 455 g/mol. The first-order valence-electron chi connectivity index (χ1n) is 10.3. The van der Waals surface area contributed by atoms with Crippen LogP contribution in [-0.2, 0) is 15.6 Å². The Kier molecular flexibility index (Phi) is 6.08. The Morgan fingerprint density at radius 3 is 2.72 bits per heavy atom. The van der Waals surface area contributed by atoms with Crippen LogP contribution in [0.2, 0.25) is 0 Å². The van der Waals surface area contributed by atoms with Crippen LogP contribution in [0.25, 0.3) is 0 Å². The van der Waals surface area contributed by atoms with Gasteiger partial charge in [-0.05, 0) is 51.3 Å². The van der Waals surface area contributed by atoms with Gasteiger partial charge in [0.05, 0.1) is 11.1 Å². The third-order valence-electron chi connectivity index (χ3n) is 5.80. The van der Waals surface area contributed by atoms with E-state index < -0.39 is 27.3 Å². The monoisotopic (exact) mass is 480 g/mol. The number of carbonyl (C=O) groups excluding carboxylic acids is 1. The summed E-state index contributed by atoms with van der Waals surface area (Å²) in [7, 11) is -3.78. The number of hydrogen-bond donors (Lipinski definition) is 2. The maximum Gasteiger partial charge on any atom is 0.276 e. The van der Waals surface area contributed by atoms with Gasteiger partial charge in [0.25, 0.3) is 15.9 Å². The number of nitrogens with two attached hydrogens (primary N) is 1. The molecule has 0 saturated carbocycles. The molecule has 3 N–H and O–H groups in total. The lowest BCUT2D eigenvalue weighted by molar-refractivity contribution is 0.102. The molecule has 2 aliphatic rings. The highest BCUT2D eigenvalue weighted by Gasteiger charge is 2.33. The second kappa shape index (κ2) is 8.53. The molecule has 4 rings (SSSR count). The van der Waals surface area contributed by atoms with E-state index in [0.29, 0.717) is 41.7 Å². The van der Waals surface area contributed by atoms with Crippen LogP contribution >= 0.6 is 11.8 Å². The summed E-state index contributed by atoms with van der Waals surface area (Å²) in [5, 5.41) is 2.86. The predicted octanol–water partition coefficient (Wildman–Crippen LogP) is 3.43. The topological polar surface area (TPSA) is 118 Å². The average Bonchev–Trinajstić information content (AvgIpc) is 3.40. The number of furan rings is 1. The molecule has 1 unspecified atom stereocenters. The molecule has 8 nitrogen and oxygen atoms in total. The first-order chi connectivity index (χ1) is 15.1. The van der Waals surface area contributed by atoms with E-state index >= 15 is 0 Å². The Balaban J connectivity index is 1.59. The van der Waals surface area contributed by atoms with Gasteiger partial charge in [-0.25, -0.2) is 12.8 Å². The van der Waals surface area contributed by atoms with Crippen LogP contribution in [0.3, 0.4) is 0 Å². The summed E-state index contributed by atoms with van der Waals surface area (Å²) in [5.41, 5.74) is 5.82. The molecule has 32 heavy (non-hydrogen) atoms. The number of aliphatic imine (C=N–C) groups is 1. The first-order valence-corrected chi connectivity index (χ1v) is 12.7. The molecule has 1 saturated heterocycles. The molecule has 1 aromatic heterocycles. The van der Waals surface area contributed by atoms with E-state index in [1.165, 1.54) is 47.3 Å². The fraction of sp³-hybridized carbons (Fsp3) is 0.429. The Hall–Kier alpha value is -2.37. The molecular formula is C21H25FN4O4S2. The second-order valence-corrected chi connectivity index (χ2v) is 11.1. The SMILES string of the molecule is Cc1oc(S(=O)(=O)N2CCCC2)cc1C(=O)Nc1ccc(F)c(C2(C)CCSC(N)=N2)c1. The molecule has 0 aliphatic carbocycles. The maximum atomic E-state index is 14.6. The molecule has 2 aromatic rings. The molecule has 1 fully saturated rings. The number of benzene rings is 1. The highest BCUT2D eigenvalue weighted by atomic mass is 32.2. The van der Waals surface area contributed by atoms with Gasteiger partial charge in [-0.2, -0.15) is 4.31 Å². The standard InChI is InChI=1S/C21H25FN4O4S2/c1-13-15(12-18(30-13)32(28,29)26-8-3-4-9-26)19(27)24-14-5-6-17(22)16(11-14)21(2)7-10-31-20(23)25-21/h5-6,11-12H,3-4,7-10H2,1-2H3,(H2,23,25)(H,24,27). The van der Waals surface area contributed by atoms with Crippen LogP contribution in [0.5, 0.6) is 0 Å². The summed E-state index contributed by atoms with van der Waals surface area (Å²) >= 11 is 1.42. The molecule has 1 amide bonds. The summed E-state index contributed by atoms with van der Waals surface area (Å²) in [4.78, 5) is 17.3. The Bertz CT molecular complexity index is 1190. The number of halogens is 1. The molecule has 2 aliphatic heterocycles. The zero-order valence-corrected chi connectivity index (χ0v) is 19.5. The fourth-order valence-electron chi connectivity index (χ4n) is 3.96. The van der Waals surface area contributed by atoms with Crippen molar-refractivity contribution in [3.8, 4) is 0 Å². The molecule has 172 valence electrons. The minimum Gasteiger partial charge on any atom is -0.448 e. The van der Waals surface area contributed by atoms with Gasteiger partial charge in [-0.1, -0.05) is 11.8 Å².